The van der Waals surface area contributed by atoms with E-state index in [4.69, 9.17) is 4.74 Å². The van der Waals surface area contributed by atoms with Crippen molar-refractivity contribution in [2.45, 2.75) is 13.3 Å². The van der Waals surface area contributed by atoms with Crippen molar-refractivity contribution in [1.82, 2.24) is 9.88 Å². The van der Waals surface area contributed by atoms with Crippen LogP contribution in [0.15, 0.2) is 23.7 Å². The second kappa shape index (κ2) is 7.07. The van der Waals surface area contributed by atoms with E-state index in [1.165, 1.54) is 10.4 Å². The van der Waals surface area contributed by atoms with E-state index in [0.29, 0.717) is 13.2 Å². The van der Waals surface area contributed by atoms with E-state index < -0.39 is 0 Å². The fraction of sp³-hybridized carbons (Fsp3) is 0.500. The zero-order valence-corrected chi connectivity index (χ0v) is 13.6. The first-order valence-electron chi connectivity index (χ1n) is 7.73. The molecule has 1 saturated heterocycles. The van der Waals surface area contributed by atoms with E-state index in [0.717, 1.165) is 38.1 Å². The number of anilines is 1. The van der Waals surface area contributed by atoms with Gasteiger partial charge in [-0.05, 0) is 30.9 Å². The maximum Gasteiger partial charge on any atom is 0.320 e. The first-order chi connectivity index (χ1) is 10.8. The Morgan fingerprint density at radius 2 is 2.23 bits per heavy atom. The van der Waals surface area contributed by atoms with Crippen LogP contribution in [0.1, 0.15) is 13.3 Å². The summed E-state index contributed by atoms with van der Waals surface area (Å²) in [7, 11) is 0. The van der Waals surface area contributed by atoms with E-state index >= 15 is 0 Å². The topological polar surface area (TPSA) is 45.7 Å². The largest absolute Gasteiger partial charge is 0.465 e. The van der Waals surface area contributed by atoms with Crippen molar-refractivity contribution in [3.8, 4) is 0 Å². The minimum absolute atomic E-state index is 0.125. The Bertz CT molecular complexity index is 643. The molecule has 3 rings (SSSR count). The molecule has 22 heavy (non-hydrogen) atoms. The van der Waals surface area contributed by atoms with Gasteiger partial charge in [0.2, 0.25) is 0 Å². The molecule has 2 aromatic heterocycles. The van der Waals surface area contributed by atoms with Gasteiger partial charge in [0.15, 0.2) is 0 Å². The van der Waals surface area contributed by atoms with Gasteiger partial charge in [-0.15, -0.1) is 11.3 Å². The van der Waals surface area contributed by atoms with Crippen molar-refractivity contribution in [2.75, 3.05) is 44.2 Å². The number of rotatable bonds is 4. The molecule has 0 aliphatic carbocycles. The SMILES string of the molecule is CCOC(=O)CN1CCCN(c2ccnc3ccsc23)CC1. The smallest absolute Gasteiger partial charge is 0.320 e. The average Bonchev–Trinajstić information content (AvgIpc) is 2.88. The Morgan fingerprint density at radius 1 is 1.32 bits per heavy atom. The zero-order chi connectivity index (χ0) is 15.4. The van der Waals surface area contributed by atoms with Crippen molar-refractivity contribution in [3.05, 3.63) is 23.7 Å². The molecule has 1 aliphatic rings. The van der Waals surface area contributed by atoms with Gasteiger partial charge in [-0.2, -0.15) is 0 Å². The Hall–Kier alpha value is -1.66. The second-order valence-corrected chi connectivity index (χ2v) is 6.30. The molecule has 0 aromatic carbocycles. The van der Waals surface area contributed by atoms with E-state index in [1.807, 2.05) is 13.1 Å². The third kappa shape index (κ3) is 3.39. The van der Waals surface area contributed by atoms with Crippen molar-refractivity contribution in [3.63, 3.8) is 0 Å². The molecule has 0 bridgehead atoms. The Balaban J connectivity index is 1.68. The highest BCUT2D eigenvalue weighted by molar-refractivity contribution is 7.17. The van der Waals surface area contributed by atoms with Crippen LogP contribution in [0.4, 0.5) is 5.69 Å². The van der Waals surface area contributed by atoms with Crippen LogP contribution in [-0.2, 0) is 9.53 Å². The lowest BCUT2D eigenvalue weighted by molar-refractivity contribution is -0.144. The highest BCUT2D eigenvalue weighted by atomic mass is 32.1. The molecule has 1 aliphatic heterocycles. The predicted octanol–water partition coefficient (Wildman–Crippen LogP) is 2.37. The summed E-state index contributed by atoms with van der Waals surface area (Å²) >= 11 is 1.74. The molecule has 0 atom stereocenters. The van der Waals surface area contributed by atoms with Crippen LogP contribution in [0, 0.1) is 0 Å². The quantitative estimate of drug-likeness (QED) is 0.810. The first kappa shape index (κ1) is 15.2. The molecular weight excluding hydrogens is 298 g/mol. The van der Waals surface area contributed by atoms with Gasteiger partial charge in [-0.3, -0.25) is 14.7 Å². The summed E-state index contributed by atoms with van der Waals surface area (Å²) in [5.41, 5.74) is 2.33. The van der Waals surface area contributed by atoms with E-state index in [9.17, 15) is 4.79 Å². The number of thiophene rings is 1. The maximum absolute atomic E-state index is 11.6. The molecule has 0 unspecified atom stereocenters. The summed E-state index contributed by atoms with van der Waals surface area (Å²) in [5, 5.41) is 2.09. The molecule has 6 heteroatoms. The van der Waals surface area contributed by atoms with Gasteiger partial charge in [-0.25, -0.2) is 0 Å². The monoisotopic (exact) mass is 319 g/mol. The predicted molar refractivity (Wildman–Crippen MR) is 89.5 cm³/mol. The summed E-state index contributed by atoms with van der Waals surface area (Å²) in [6.07, 6.45) is 2.93. The Morgan fingerprint density at radius 3 is 3.09 bits per heavy atom. The molecule has 0 amide bonds. The lowest BCUT2D eigenvalue weighted by Crippen LogP contribution is -2.35. The minimum atomic E-state index is -0.125. The van der Waals surface area contributed by atoms with Crippen molar-refractivity contribution in [2.24, 2.45) is 0 Å². The Labute approximate surface area is 134 Å². The maximum atomic E-state index is 11.6. The molecule has 0 N–H and O–H groups in total. The lowest BCUT2D eigenvalue weighted by atomic mass is 10.3. The van der Waals surface area contributed by atoms with Crippen LogP contribution >= 0.6 is 11.3 Å². The minimum Gasteiger partial charge on any atom is -0.465 e. The van der Waals surface area contributed by atoms with Crippen LogP contribution in [0.2, 0.25) is 0 Å². The highest BCUT2D eigenvalue weighted by Crippen LogP contribution is 2.30. The summed E-state index contributed by atoms with van der Waals surface area (Å²) in [4.78, 5) is 20.6. The highest BCUT2D eigenvalue weighted by Gasteiger charge is 2.19. The number of nitrogens with zero attached hydrogens (tertiary/aromatic N) is 3. The van der Waals surface area contributed by atoms with Crippen molar-refractivity contribution in [1.29, 1.82) is 0 Å². The van der Waals surface area contributed by atoms with E-state index in [1.54, 1.807) is 11.3 Å². The van der Waals surface area contributed by atoms with Crippen LogP contribution in [0.5, 0.6) is 0 Å². The second-order valence-electron chi connectivity index (χ2n) is 5.39. The lowest BCUT2D eigenvalue weighted by Gasteiger charge is -2.23. The van der Waals surface area contributed by atoms with Gasteiger partial charge in [-0.1, -0.05) is 0 Å². The van der Waals surface area contributed by atoms with Gasteiger partial charge in [0.05, 0.1) is 29.1 Å². The van der Waals surface area contributed by atoms with Crippen LogP contribution in [-0.4, -0.2) is 55.2 Å². The molecule has 0 radical (unpaired) electrons. The van der Waals surface area contributed by atoms with Crippen molar-refractivity contribution >= 4 is 33.2 Å². The first-order valence-corrected chi connectivity index (χ1v) is 8.61. The van der Waals surface area contributed by atoms with Gasteiger partial charge in [0.25, 0.3) is 0 Å². The van der Waals surface area contributed by atoms with Gasteiger partial charge in [0.1, 0.15) is 0 Å². The standard InChI is InChI=1S/C16H21N3O2S/c1-2-21-15(20)12-18-7-3-8-19(10-9-18)14-4-6-17-13-5-11-22-16(13)14/h4-6,11H,2-3,7-10,12H2,1H3. The molecular formula is C16H21N3O2S. The number of fused-ring (bicyclic) bond motifs is 1. The zero-order valence-electron chi connectivity index (χ0n) is 12.8. The van der Waals surface area contributed by atoms with Crippen LogP contribution in [0.25, 0.3) is 10.2 Å². The van der Waals surface area contributed by atoms with Gasteiger partial charge in [0, 0.05) is 32.4 Å². The Kier molecular flexibility index (Phi) is 4.90. The molecule has 2 aromatic rings. The number of aromatic nitrogens is 1. The molecule has 118 valence electrons. The number of hydrogen-bond donors (Lipinski definition) is 0. The van der Waals surface area contributed by atoms with E-state index in [-0.39, 0.29) is 5.97 Å². The fourth-order valence-electron chi connectivity index (χ4n) is 2.87. The van der Waals surface area contributed by atoms with Gasteiger partial charge >= 0.3 is 5.97 Å². The summed E-state index contributed by atoms with van der Waals surface area (Å²) < 4.78 is 6.29. The number of hydrogen-bond acceptors (Lipinski definition) is 6. The molecule has 3 heterocycles. The van der Waals surface area contributed by atoms with Crippen molar-refractivity contribution < 1.29 is 9.53 Å². The van der Waals surface area contributed by atoms with Crippen LogP contribution in [0.3, 0.4) is 0 Å². The molecule has 0 saturated carbocycles. The summed E-state index contributed by atoms with van der Waals surface area (Å²) in [6.45, 7) is 6.45. The fourth-order valence-corrected chi connectivity index (χ4v) is 3.76. The third-order valence-electron chi connectivity index (χ3n) is 3.91. The summed E-state index contributed by atoms with van der Waals surface area (Å²) in [6, 6.07) is 4.16. The van der Waals surface area contributed by atoms with E-state index in [2.05, 4.69) is 32.3 Å². The number of pyridine rings is 1. The molecule has 5 nitrogen and oxygen atoms in total. The summed E-state index contributed by atoms with van der Waals surface area (Å²) in [5.74, 6) is -0.125. The number of carbonyl (C=O) groups is 1. The average molecular weight is 319 g/mol. The number of ether oxygens (including phenoxy) is 1. The number of carbonyl (C=O) groups excluding carboxylic acids is 1. The number of esters is 1. The van der Waals surface area contributed by atoms with Gasteiger partial charge < -0.3 is 9.64 Å². The molecule has 0 spiro atoms. The normalized spacial score (nSPS) is 16.7. The third-order valence-corrected chi connectivity index (χ3v) is 4.84. The molecule has 1 fully saturated rings. The van der Waals surface area contributed by atoms with Crippen LogP contribution < -0.4 is 4.90 Å².